The Bertz CT molecular complexity index is 203. The molecule has 3 heteroatoms. The smallest absolute Gasteiger partial charge is 0.348 e. The number of carbonyl (C=O) groups excluding carboxylic acids is 1. The highest BCUT2D eigenvalue weighted by molar-refractivity contribution is 7.11. The van der Waals surface area contributed by atoms with Crippen LogP contribution >= 0.6 is 11.3 Å². The van der Waals surface area contributed by atoms with Crippen LogP contribution in [0.2, 0.25) is 0 Å². The van der Waals surface area contributed by atoms with Gasteiger partial charge in [0.15, 0.2) is 0 Å². The molecule has 0 aliphatic rings. The Morgan fingerprint density at radius 3 is 3.20 bits per heavy atom. The molecule has 0 aromatic carbocycles. The summed E-state index contributed by atoms with van der Waals surface area (Å²) >= 11 is 1.27. The second kappa shape index (κ2) is 3.37. The topological polar surface area (TPSA) is 26.3 Å². The first kappa shape index (κ1) is 7.28. The highest BCUT2D eigenvalue weighted by Gasteiger charge is 2.05. The van der Waals surface area contributed by atoms with E-state index in [1.807, 2.05) is 0 Å². The number of carbonyl (C=O) groups is 1. The minimum absolute atomic E-state index is 0.256. The molecule has 1 heterocycles. The zero-order chi connectivity index (χ0) is 7.40. The molecule has 0 saturated heterocycles. The molecule has 1 aromatic heterocycles. The highest BCUT2D eigenvalue weighted by atomic mass is 32.1. The lowest BCUT2D eigenvalue weighted by Crippen LogP contribution is -2.01. The van der Waals surface area contributed by atoms with E-state index in [2.05, 4.69) is 5.38 Å². The molecule has 0 N–H and O–H groups in total. The minimum Gasteiger partial charge on any atom is -0.462 e. The zero-order valence-electron chi connectivity index (χ0n) is 5.59. The van der Waals surface area contributed by atoms with Gasteiger partial charge >= 0.3 is 5.97 Å². The first-order valence-electron chi connectivity index (χ1n) is 2.97. The quantitative estimate of drug-likeness (QED) is 0.608. The fourth-order valence-corrected chi connectivity index (χ4v) is 1.09. The molecule has 0 spiro atoms. The number of hydrogen-bond donors (Lipinski definition) is 0. The molecule has 53 valence electrons. The Kier molecular flexibility index (Phi) is 2.45. The van der Waals surface area contributed by atoms with Gasteiger partial charge < -0.3 is 4.74 Å². The molecule has 0 bridgehead atoms. The third-order valence-electron chi connectivity index (χ3n) is 0.948. The summed E-state index contributed by atoms with van der Waals surface area (Å²) in [5.74, 6) is -0.256. The van der Waals surface area contributed by atoms with Gasteiger partial charge in [-0.25, -0.2) is 4.79 Å². The van der Waals surface area contributed by atoms with Gasteiger partial charge in [0, 0.05) is 5.38 Å². The Labute approximate surface area is 63.4 Å². The average Bonchev–Trinajstić information content (AvgIpc) is 2.38. The predicted molar refractivity (Wildman–Crippen MR) is 39.1 cm³/mol. The van der Waals surface area contributed by atoms with Gasteiger partial charge in [-0.3, -0.25) is 0 Å². The van der Waals surface area contributed by atoms with Gasteiger partial charge in [-0.15, -0.1) is 11.3 Å². The van der Waals surface area contributed by atoms with Gasteiger partial charge in [0.2, 0.25) is 0 Å². The number of thiophene rings is 1. The highest BCUT2D eigenvalue weighted by Crippen LogP contribution is 2.08. The predicted octanol–water partition coefficient (Wildman–Crippen LogP) is 1.72. The van der Waals surface area contributed by atoms with E-state index in [0.717, 1.165) is 0 Å². The third-order valence-corrected chi connectivity index (χ3v) is 1.72. The first-order chi connectivity index (χ1) is 4.84. The number of rotatable bonds is 2. The fourth-order valence-electron chi connectivity index (χ4n) is 0.553. The van der Waals surface area contributed by atoms with E-state index in [0.29, 0.717) is 11.5 Å². The molecule has 10 heavy (non-hydrogen) atoms. The summed E-state index contributed by atoms with van der Waals surface area (Å²) in [7, 11) is 0. The Morgan fingerprint density at radius 1 is 1.90 bits per heavy atom. The van der Waals surface area contributed by atoms with Crippen LogP contribution in [0.4, 0.5) is 0 Å². The molecule has 0 saturated carbocycles. The average molecular weight is 155 g/mol. The summed E-state index contributed by atoms with van der Waals surface area (Å²) < 4.78 is 4.74. The Hall–Kier alpha value is -0.830. The summed E-state index contributed by atoms with van der Waals surface area (Å²) in [6.07, 6.45) is 0. The van der Waals surface area contributed by atoms with Crippen LogP contribution in [0.25, 0.3) is 0 Å². The van der Waals surface area contributed by atoms with Crippen LogP contribution in [0.1, 0.15) is 16.6 Å². The van der Waals surface area contributed by atoms with Gasteiger partial charge in [0.1, 0.15) is 4.88 Å². The third kappa shape index (κ3) is 1.57. The second-order valence-corrected chi connectivity index (χ2v) is 2.52. The molecule has 0 amide bonds. The fraction of sp³-hybridized carbons (Fsp3) is 0.286. The van der Waals surface area contributed by atoms with Crippen LogP contribution in [0.5, 0.6) is 0 Å². The van der Waals surface area contributed by atoms with Crippen molar-refractivity contribution >= 4 is 17.3 Å². The van der Waals surface area contributed by atoms with Crippen LogP contribution in [0.15, 0.2) is 12.1 Å². The van der Waals surface area contributed by atoms with Gasteiger partial charge in [0.25, 0.3) is 0 Å². The molecular weight excluding hydrogens is 148 g/mol. The number of hydrogen-bond acceptors (Lipinski definition) is 3. The summed E-state index contributed by atoms with van der Waals surface area (Å²) in [4.78, 5) is 11.5. The summed E-state index contributed by atoms with van der Waals surface area (Å²) in [6.45, 7) is 2.21. The van der Waals surface area contributed by atoms with Crippen molar-refractivity contribution in [2.75, 3.05) is 6.61 Å². The Morgan fingerprint density at radius 2 is 2.70 bits per heavy atom. The molecule has 1 rings (SSSR count). The van der Waals surface area contributed by atoms with Crippen molar-refractivity contribution in [3.8, 4) is 0 Å². The van der Waals surface area contributed by atoms with E-state index < -0.39 is 0 Å². The maximum absolute atomic E-state index is 10.9. The molecule has 0 aliphatic heterocycles. The van der Waals surface area contributed by atoms with E-state index in [9.17, 15) is 4.79 Å². The normalized spacial score (nSPS) is 9.30. The van der Waals surface area contributed by atoms with Crippen LogP contribution in [0.3, 0.4) is 0 Å². The van der Waals surface area contributed by atoms with Crippen LogP contribution in [-0.4, -0.2) is 12.6 Å². The van der Waals surface area contributed by atoms with Crippen molar-refractivity contribution in [3.63, 3.8) is 0 Å². The lowest BCUT2D eigenvalue weighted by Gasteiger charge is -1.95. The van der Waals surface area contributed by atoms with E-state index in [1.165, 1.54) is 11.3 Å². The maximum atomic E-state index is 10.9. The lowest BCUT2D eigenvalue weighted by atomic mass is 10.5. The number of ether oxygens (including phenoxy) is 1. The van der Waals surface area contributed by atoms with Crippen molar-refractivity contribution in [3.05, 3.63) is 22.4 Å². The van der Waals surface area contributed by atoms with Crippen molar-refractivity contribution in [1.82, 2.24) is 0 Å². The SMILES string of the molecule is CCOC(=O)c1cc[c]s1. The lowest BCUT2D eigenvalue weighted by molar-refractivity contribution is 0.0532. The minimum atomic E-state index is -0.256. The zero-order valence-corrected chi connectivity index (χ0v) is 6.40. The van der Waals surface area contributed by atoms with E-state index >= 15 is 0 Å². The molecule has 0 fully saturated rings. The first-order valence-corrected chi connectivity index (χ1v) is 3.79. The van der Waals surface area contributed by atoms with E-state index in [-0.39, 0.29) is 5.97 Å². The van der Waals surface area contributed by atoms with Crippen molar-refractivity contribution in [2.45, 2.75) is 6.92 Å². The van der Waals surface area contributed by atoms with Gasteiger partial charge in [-0.2, -0.15) is 0 Å². The van der Waals surface area contributed by atoms with Crippen molar-refractivity contribution in [1.29, 1.82) is 0 Å². The van der Waals surface area contributed by atoms with Gasteiger partial charge in [-0.05, 0) is 19.1 Å². The monoisotopic (exact) mass is 155 g/mol. The van der Waals surface area contributed by atoms with E-state index in [1.54, 1.807) is 19.1 Å². The maximum Gasteiger partial charge on any atom is 0.348 e. The molecule has 0 aliphatic carbocycles. The molecule has 0 atom stereocenters. The van der Waals surface area contributed by atoms with Crippen LogP contribution < -0.4 is 0 Å². The molecule has 2 nitrogen and oxygen atoms in total. The van der Waals surface area contributed by atoms with Gasteiger partial charge in [0.05, 0.1) is 6.61 Å². The number of esters is 1. The second-order valence-electron chi connectivity index (χ2n) is 1.64. The summed E-state index contributed by atoms with van der Waals surface area (Å²) in [5, 5.41) is 2.81. The van der Waals surface area contributed by atoms with Crippen molar-refractivity contribution < 1.29 is 9.53 Å². The van der Waals surface area contributed by atoms with Gasteiger partial charge in [-0.1, -0.05) is 0 Å². The molecule has 0 unspecified atom stereocenters. The molecule has 1 aromatic rings. The molecule has 1 radical (unpaired) electrons. The summed E-state index contributed by atoms with van der Waals surface area (Å²) in [5.41, 5.74) is 0. The van der Waals surface area contributed by atoms with E-state index in [4.69, 9.17) is 4.74 Å². The van der Waals surface area contributed by atoms with Crippen molar-refractivity contribution in [2.24, 2.45) is 0 Å². The summed E-state index contributed by atoms with van der Waals surface area (Å²) in [6, 6.07) is 3.40. The molecular formula is C7H7O2S. The van der Waals surface area contributed by atoms with Crippen LogP contribution in [0, 0.1) is 5.38 Å². The largest absolute Gasteiger partial charge is 0.462 e. The Balaban J connectivity index is 2.59. The van der Waals surface area contributed by atoms with Crippen LogP contribution in [-0.2, 0) is 4.74 Å². The standard InChI is InChI=1S/C7H7O2S/c1-2-9-7(8)6-4-3-5-10-6/h3-4H,2H2,1H3.